The molecule has 2 aliphatic rings. The molecule has 2 aliphatic heterocycles. The van der Waals surface area contributed by atoms with Crippen molar-refractivity contribution in [2.24, 2.45) is 0 Å². The summed E-state index contributed by atoms with van der Waals surface area (Å²) in [4.78, 5) is 6.92. The maximum Gasteiger partial charge on any atom is 0.152 e. The lowest BCUT2D eigenvalue weighted by Crippen LogP contribution is -2.45. The van der Waals surface area contributed by atoms with Crippen LogP contribution in [0.2, 0.25) is 0 Å². The van der Waals surface area contributed by atoms with Crippen LogP contribution in [0, 0.1) is 6.92 Å². The number of aromatic nitrogens is 1. The molecule has 1 aromatic rings. The number of nitrogens with zero attached hydrogens (tertiary/aromatic N) is 2. The average molecular weight is 233 g/mol. The third kappa shape index (κ3) is 1.76. The fourth-order valence-corrected chi connectivity index (χ4v) is 3.25. The van der Waals surface area contributed by atoms with Gasteiger partial charge in [-0.05, 0) is 44.7 Å². The minimum Gasteiger partial charge on any atom is -0.396 e. The molecule has 0 aliphatic carbocycles. The van der Waals surface area contributed by atoms with Gasteiger partial charge in [0.15, 0.2) is 5.82 Å². The number of hydrogen-bond donors (Lipinski definition) is 2. The van der Waals surface area contributed by atoms with Crippen molar-refractivity contribution in [1.29, 1.82) is 0 Å². The van der Waals surface area contributed by atoms with E-state index in [0.29, 0.717) is 12.1 Å². The molecule has 4 heteroatoms. The number of anilines is 2. The van der Waals surface area contributed by atoms with Crippen LogP contribution in [-0.2, 0) is 0 Å². The van der Waals surface area contributed by atoms with Crippen molar-refractivity contribution in [3.8, 4) is 0 Å². The summed E-state index contributed by atoms with van der Waals surface area (Å²) in [7, 11) is 0. The van der Waals surface area contributed by atoms with Gasteiger partial charge in [-0.25, -0.2) is 4.98 Å². The molecule has 3 N–H and O–H groups in total. The number of aliphatic hydroxyl groups is 1. The van der Waals surface area contributed by atoms with E-state index in [1.165, 1.54) is 0 Å². The number of nitrogens with two attached hydrogens (primary N) is 1. The van der Waals surface area contributed by atoms with Crippen molar-refractivity contribution in [2.45, 2.75) is 50.8 Å². The van der Waals surface area contributed by atoms with Crippen molar-refractivity contribution < 1.29 is 5.11 Å². The third-order valence-electron chi connectivity index (χ3n) is 4.00. The molecule has 0 saturated carbocycles. The normalized spacial score (nSPS) is 31.9. The zero-order chi connectivity index (χ0) is 12.0. The lowest BCUT2D eigenvalue weighted by Gasteiger charge is -2.38. The van der Waals surface area contributed by atoms with Gasteiger partial charge in [0.1, 0.15) is 0 Å². The van der Waals surface area contributed by atoms with E-state index < -0.39 is 0 Å². The second-order valence-corrected chi connectivity index (χ2v) is 5.28. The lowest BCUT2D eigenvalue weighted by atomic mass is 10.00. The topological polar surface area (TPSA) is 62.4 Å². The molecule has 0 spiro atoms. The molecular formula is C13H19N3O. The molecule has 2 atom stereocenters. The van der Waals surface area contributed by atoms with E-state index in [-0.39, 0.29) is 6.10 Å². The van der Waals surface area contributed by atoms with E-state index in [1.807, 2.05) is 19.1 Å². The Morgan fingerprint density at radius 3 is 2.59 bits per heavy atom. The van der Waals surface area contributed by atoms with Gasteiger partial charge in [0.2, 0.25) is 0 Å². The summed E-state index contributed by atoms with van der Waals surface area (Å²) in [5, 5.41) is 9.80. The maximum atomic E-state index is 9.80. The largest absolute Gasteiger partial charge is 0.396 e. The van der Waals surface area contributed by atoms with Crippen molar-refractivity contribution in [3.05, 3.63) is 17.8 Å². The number of piperidine rings is 1. The van der Waals surface area contributed by atoms with Crippen LogP contribution in [0.5, 0.6) is 0 Å². The van der Waals surface area contributed by atoms with Gasteiger partial charge in [-0.1, -0.05) is 0 Å². The zero-order valence-corrected chi connectivity index (χ0v) is 10.1. The first kappa shape index (κ1) is 10.8. The van der Waals surface area contributed by atoms with E-state index in [1.54, 1.807) is 0 Å². The first-order valence-corrected chi connectivity index (χ1v) is 6.34. The highest BCUT2D eigenvalue weighted by Gasteiger charge is 2.41. The molecule has 0 amide bonds. The first-order valence-electron chi connectivity index (χ1n) is 6.34. The molecule has 1 aromatic heterocycles. The molecule has 4 nitrogen and oxygen atoms in total. The minimum absolute atomic E-state index is 0.144. The Bertz CT molecular complexity index is 421. The maximum absolute atomic E-state index is 9.80. The van der Waals surface area contributed by atoms with Gasteiger partial charge in [0, 0.05) is 17.8 Å². The van der Waals surface area contributed by atoms with Gasteiger partial charge >= 0.3 is 0 Å². The summed E-state index contributed by atoms with van der Waals surface area (Å²) in [6.45, 7) is 1.99. The highest BCUT2D eigenvalue weighted by atomic mass is 16.3. The molecule has 2 unspecified atom stereocenters. The Labute approximate surface area is 101 Å². The van der Waals surface area contributed by atoms with E-state index in [9.17, 15) is 5.11 Å². The van der Waals surface area contributed by atoms with Crippen LogP contribution in [0.15, 0.2) is 12.1 Å². The first-order chi connectivity index (χ1) is 8.15. The van der Waals surface area contributed by atoms with Crippen LogP contribution in [-0.4, -0.2) is 28.3 Å². The molecule has 2 bridgehead atoms. The molecule has 3 rings (SSSR count). The van der Waals surface area contributed by atoms with Gasteiger partial charge in [-0.3, -0.25) is 0 Å². The number of nitrogen functional groups attached to an aromatic ring is 1. The smallest absolute Gasteiger partial charge is 0.152 e. The molecule has 0 aromatic carbocycles. The number of hydrogen-bond acceptors (Lipinski definition) is 4. The average Bonchev–Trinajstić information content (AvgIpc) is 2.54. The minimum atomic E-state index is -0.144. The summed E-state index contributed by atoms with van der Waals surface area (Å²) in [6, 6.07) is 4.71. The second-order valence-electron chi connectivity index (χ2n) is 5.28. The highest BCUT2D eigenvalue weighted by molar-refractivity contribution is 5.64. The number of pyridine rings is 1. The van der Waals surface area contributed by atoms with Gasteiger partial charge in [-0.2, -0.15) is 0 Å². The Kier molecular flexibility index (Phi) is 2.47. The van der Waals surface area contributed by atoms with Crippen molar-refractivity contribution in [2.75, 3.05) is 10.6 Å². The van der Waals surface area contributed by atoms with E-state index in [0.717, 1.165) is 42.9 Å². The van der Waals surface area contributed by atoms with Gasteiger partial charge in [0.25, 0.3) is 0 Å². The molecular weight excluding hydrogens is 214 g/mol. The number of aliphatic hydroxyl groups excluding tert-OH is 1. The van der Waals surface area contributed by atoms with Gasteiger partial charge in [0.05, 0.1) is 11.8 Å². The molecule has 17 heavy (non-hydrogen) atoms. The third-order valence-corrected chi connectivity index (χ3v) is 4.00. The fraction of sp³-hybridized carbons (Fsp3) is 0.615. The van der Waals surface area contributed by atoms with Crippen LogP contribution in [0.4, 0.5) is 11.5 Å². The van der Waals surface area contributed by atoms with Crippen LogP contribution in [0.3, 0.4) is 0 Å². The Morgan fingerprint density at radius 1 is 1.29 bits per heavy atom. The van der Waals surface area contributed by atoms with Gasteiger partial charge < -0.3 is 15.7 Å². The Hall–Kier alpha value is -1.29. The SMILES string of the molecule is Cc1ccc(N)c(N2C3CCC2CC(O)C3)n1. The second kappa shape index (κ2) is 3.88. The Morgan fingerprint density at radius 2 is 1.94 bits per heavy atom. The monoisotopic (exact) mass is 233 g/mol. The van der Waals surface area contributed by atoms with E-state index >= 15 is 0 Å². The summed E-state index contributed by atoms with van der Waals surface area (Å²) < 4.78 is 0. The quantitative estimate of drug-likeness (QED) is 0.771. The molecule has 2 saturated heterocycles. The summed E-state index contributed by atoms with van der Waals surface area (Å²) >= 11 is 0. The summed E-state index contributed by atoms with van der Waals surface area (Å²) in [5.41, 5.74) is 7.79. The molecule has 2 fully saturated rings. The lowest BCUT2D eigenvalue weighted by molar-refractivity contribution is 0.126. The number of aryl methyl sites for hydroxylation is 1. The number of rotatable bonds is 1. The predicted molar refractivity (Wildman–Crippen MR) is 67.9 cm³/mol. The van der Waals surface area contributed by atoms with E-state index in [2.05, 4.69) is 9.88 Å². The molecule has 92 valence electrons. The summed E-state index contributed by atoms with van der Waals surface area (Å²) in [5.74, 6) is 0.921. The molecule has 3 heterocycles. The van der Waals surface area contributed by atoms with Crippen LogP contribution in [0.1, 0.15) is 31.4 Å². The van der Waals surface area contributed by atoms with Crippen LogP contribution < -0.4 is 10.6 Å². The predicted octanol–water partition coefficient (Wildman–Crippen LogP) is 1.46. The Balaban J connectivity index is 1.97. The van der Waals surface area contributed by atoms with Crippen LogP contribution in [0.25, 0.3) is 0 Å². The number of fused-ring (bicyclic) bond motifs is 2. The molecule has 0 radical (unpaired) electrons. The van der Waals surface area contributed by atoms with Crippen LogP contribution >= 0.6 is 0 Å². The van der Waals surface area contributed by atoms with E-state index in [4.69, 9.17) is 5.73 Å². The van der Waals surface area contributed by atoms with Crippen molar-refractivity contribution in [1.82, 2.24) is 4.98 Å². The fourth-order valence-electron chi connectivity index (χ4n) is 3.25. The van der Waals surface area contributed by atoms with Gasteiger partial charge in [-0.15, -0.1) is 0 Å². The van der Waals surface area contributed by atoms with Crippen molar-refractivity contribution in [3.63, 3.8) is 0 Å². The van der Waals surface area contributed by atoms with Crippen molar-refractivity contribution >= 4 is 11.5 Å². The standard InChI is InChI=1S/C13H19N3O/c1-8-2-5-12(14)13(15-8)16-9-3-4-10(16)7-11(17)6-9/h2,5,9-11,17H,3-4,6-7,14H2,1H3. The highest BCUT2D eigenvalue weighted by Crippen LogP contribution is 2.40. The summed E-state index contributed by atoms with van der Waals surface area (Å²) in [6.07, 6.45) is 3.86. The zero-order valence-electron chi connectivity index (χ0n) is 10.1.